The van der Waals surface area contributed by atoms with E-state index in [9.17, 15) is 14.4 Å². The van der Waals surface area contributed by atoms with Crippen LogP contribution in [-0.4, -0.2) is 37.2 Å². The van der Waals surface area contributed by atoms with E-state index in [1.165, 1.54) is 173 Å². The third-order valence-corrected chi connectivity index (χ3v) is 13.7. The predicted octanol–water partition coefficient (Wildman–Crippen LogP) is 21.3. The molecule has 6 heteroatoms. The van der Waals surface area contributed by atoms with Gasteiger partial charge in [-0.05, 0) is 70.6 Å². The Bertz CT molecular complexity index is 1360. The highest BCUT2D eigenvalue weighted by molar-refractivity contribution is 5.71. The minimum Gasteiger partial charge on any atom is -0.462 e. The number of hydrogen-bond donors (Lipinski definition) is 0. The molecule has 0 aromatic rings. The highest BCUT2D eigenvalue weighted by atomic mass is 16.6. The van der Waals surface area contributed by atoms with Crippen molar-refractivity contribution >= 4 is 17.9 Å². The van der Waals surface area contributed by atoms with Crippen LogP contribution < -0.4 is 0 Å². The zero-order valence-corrected chi connectivity index (χ0v) is 48.4. The number of carbonyl (C=O) groups is 3. The smallest absolute Gasteiger partial charge is 0.306 e. The van der Waals surface area contributed by atoms with Crippen LogP contribution in [0.5, 0.6) is 0 Å². The number of ether oxygens (including phenoxy) is 3. The summed E-state index contributed by atoms with van der Waals surface area (Å²) in [6, 6.07) is 0. The molecule has 0 saturated carbocycles. The molecule has 0 fully saturated rings. The number of unbranched alkanes of at least 4 members (excludes halogenated alkanes) is 34. The summed E-state index contributed by atoms with van der Waals surface area (Å²) in [5.41, 5.74) is 0. The molecule has 0 saturated heterocycles. The highest BCUT2D eigenvalue weighted by Crippen LogP contribution is 2.17. The second-order valence-corrected chi connectivity index (χ2v) is 21.0. The number of hydrogen-bond acceptors (Lipinski definition) is 6. The first kappa shape index (κ1) is 69.8. The molecule has 0 aliphatic rings. The molecule has 0 heterocycles. The first-order valence-electron chi connectivity index (χ1n) is 31.4. The molecule has 1 atom stereocenters. The Balaban J connectivity index is 4.04. The van der Waals surface area contributed by atoms with Crippen LogP contribution in [0.3, 0.4) is 0 Å². The molecular formula is C67H118O6. The van der Waals surface area contributed by atoms with Crippen molar-refractivity contribution in [3.8, 4) is 0 Å². The predicted molar refractivity (Wildman–Crippen MR) is 316 cm³/mol. The van der Waals surface area contributed by atoms with E-state index in [2.05, 4.69) is 93.7 Å². The Labute approximate surface area is 453 Å². The first-order valence-corrected chi connectivity index (χ1v) is 31.4. The molecular weight excluding hydrogens is 901 g/mol. The van der Waals surface area contributed by atoms with Crippen LogP contribution in [0.25, 0.3) is 0 Å². The summed E-state index contributed by atoms with van der Waals surface area (Å²) in [7, 11) is 0. The molecule has 0 radical (unpaired) electrons. The normalized spacial score (nSPS) is 12.5. The molecule has 0 amide bonds. The van der Waals surface area contributed by atoms with Crippen molar-refractivity contribution in [3.63, 3.8) is 0 Å². The Morgan fingerprint density at radius 3 is 0.836 bits per heavy atom. The van der Waals surface area contributed by atoms with Gasteiger partial charge in [0.1, 0.15) is 13.2 Å². The van der Waals surface area contributed by atoms with Crippen LogP contribution in [0.2, 0.25) is 0 Å². The van der Waals surface area contributed by atoms with Crippen molar-refractivity contribution in [1.82, 2.24) is 0 Å². The number of carbonyl (C=O) groups excluding carboxylic acids is 3. The van der Waals surface area contributed by atoms with Crippen LogP contribution >= 0.6 is 0 Å². The average molecular weight is 1020 g/mol. The topological polar surface area (TPSA) is 78.9 Å². The third kappa shape index (κ3) is 59.6. The molecule has 0 N–H and O–H groups in total. The first-order chi connectivity index (χ1) is 36.0. The summed E-state index contributed by atoms with van der Waals surface area (Å²) in [5, 5.41) is 0. The van der Waals surface area contributed by atoms with Gasteiger partial charge in [0.25, 0.3) is 0 Å². The van der Waals surface area contributed by atoms with Gasteiger partial charge in [-0.25, -0.2) is 0 Å². The zero-order chi connectivity index (χ0) is 52.9. The van der Waals surface area contributed by atoms with Gasteiger partial charge in [0.2, 0.25) is 0 Å². The fourth-order valence-electron chi connectivity index (χ4n) is 9.04. The van der Waals surface area contributed by atoms with E-state index in [1.54, 1.807) is 0 Å². The maximum Gasteiger partial charge on any atom is 0.306 e. The van der Waals surface area contributed by atoms with Crippen LogP contribution in [0.4, 0.5) is 0 Å². The van der Waals surface area contributed by atoms with Crippen molar-refractivity contribution in [2.24, 2.45) is 0 Å². The number of esters is 3. The summed E-state index contributed by atoms with van der Waals surface area (Å²) in [5.74, 6) is -0.939. The Morgan fingerprint density at radius 2 is 0.534 bits per heavy atom. The van der Waals surface area contributed by atoms with Gasteiger partial charge < -0.3 is 14.2 Å². The summed E-state index contributed by atoms with van der Waals surface area (Å²) in [6.45, 7) is 6.44. The third-order valence-electron chi connectivity index (χ3n) is 13.7. The lowest BCUT2D eigenvalue weighted by Gasteiger charge is -2.18. The van der Waals surface area contributed by atoms with Gasteiger partial charge in [0.05, 0.1) is 0 Å². The highest BCUT2D eigenvalue weighted by Gasteiger charge is 2.19. The molecule has 1 unspecified atom stereocenters. The molecule has 0 bridgehead atoms. The monoisotopic (exact) mass is 1020 g/mol. The summed E-state index contributed by atoms with van der Waals surface area (Å²) in [6.07, 6.45) is 79.8. The van der Waals surface area contributed by atoms with Crippen LogP contribution in [0.1, 0.15) is 316 Å². The van der Waals surface area contributed by atoms with E-state index in [-0.39, 0.29) is 37.5 Å². The second-order valence-electron chi connectivity index (χ2n) is 21.0. The molecule has 0 aliphatic heterocycles. The summed E-state index contributed by atoms with van der Waals surface area (Å²) >= 11 is 0. The molecule has 0 spiro atoms. The van der Waals surface area contributed by atoms with Crippen LogP contribution in [0, 0.1) is 0 Å². The zero-order valence-electron chi connectivity index (χ0n) is 48.4. The number of rotatable bonds is 57. The Morgan fingerprint density at radius 1 is 0.288 bits per heavy atom. The van der Waals surface area contributed by atoms with E-state index in [4.69, 9.17) is 14.2 Å². The van der Waals surface area contributed by atoms with Crippen molar-refractivity contribution in [2.45, 2.75) is 322 Å². The largest absolute Gasteiger partial charge is 0.462 e. The lowest BCUT2D eigenvalue weighted by molar-refractivity contribution is -0.167. The van der Waals surface area contributed by atoms with E-state index in [1.807, 2.05) is 0 Å². The van der Waals surface area contributed by atoms with Crippen molar-refractivity contribution in [2.75, 3.05) is 13.2 Å². The van der Waals surface area contributed by atoms with Gasteiger partial charge in [-0.15, -0.1) is 0 Å². The molecule has 0 aromatic heterocycles. The standard InChI is InChI=1S/C67H118O6/c1-4-7-10-13-15-17-19-21-23-25-27-29-30-31-32-33-34-35-36-38-39-41-43-45-47-49-51-54-57-60-66(69)72-63-64(62-71-65(68)59-56-53-12-9-6-3)73-67(70)61-58-55-52-50-48-46-44-42-40-37-28-26-24-22-20-18-16-14-11-8-5-2/h8,11,16,18,22,24,28,37,42,44,48,50,64H,4-7,9-10,12-15,17,19-21,23,25-27,29-36,38-41,43,45-47,49,51-63H2,1-3H3/b11-8-,18-16-,24-22-,37-28-,44-42-,50-48-. The maximum absolute atomic E-state index is 12.8. The van der Waals surface area contributed by atoms with Gasteiger partial charge in [-0.1, -0.05) is 299 Å². The van der Waals surface area contributed by atoms with Gasteiger partial charge in [0, 0.05) is 19.3 Å². The number of allylic oxidation sites excluding steroid dienone is 12. The van der Waals surface area contributed by atoms with Crippen LogP contribution in [0.15, 0.2) is 72.9 Å². The Hall–Kier alpha value is -3.15. The van der Waals surface area contributed by atoms with E-state index >= 15 is 0 Å². The fraction of sp³-hybridized carbons (Fsp3) is 0.776. The van der Waals surface area contributed by atoms with Crippen molar-refractivity contribution in [1.29, 1.82) is 0 Å². The molecule has 0 aromatic carbocycles. The van der Waals surface area contributed by atoms with Gasteiger partial charge in [0.15, 0.2) is 6.10 Å². The minimum atomic E-state index is -0.794. The molecule has 0 rings (SSSR count). The molecule has 6 nitrogen and oxygen atoms in total. The maximum atomic E-state index is 12.8. The quantitative estimate of drug-likeness (QED) is 0.0261. The van der Waals surface area contributed by atoms with Crippen molar-refractivity contribution < 1.29 is 28.6 Å². The van der Waals surface area contributed by atoms with E-state index in [0.717, 1.165) is 96.3 Å². The van der Waals surface area contributed by atoms with Gasteiger partial charge in [-0.2, -0.15) is 0 Å². The lowest BCUT2D eigenvalue weighted by atomic mass is 10.0. The van der Waals surface area contributed by atoms with Gasteiger partial charge in [-0.3, -0.25) is 14.4 Å². The lowest BCUT2D eigenvalue weighted by Crippen LogP contribution is -2.30. The van der Waals surface area contributed by atoms with Crippen LogP contribution in [-0.2, 0) is 28.6 Å². The van der Waals surface area contributed by atoms with E-state index in [0.29, 0.717) is 19.3 Å². The fourth-order valence-corrected chi connectivity index (χ4v) is 9.04. The minimum absolute atomic E-state index is 0.0908. The molecule has 0 aliphatic carbocycles. The molecule has 73 heavy (non-hydrogen) atoms. The van der Waals surface area contributed by atoms with Crippen molar-refractivity contribution in [3.05, 3.63) is 72.9 Å². The summed E-state index contributed by atoms with van der Waals surface area (Å²) < 4.78 is 16.7. The Kier molecular flexibility index (Phi) is 58.7. The van der Waals surface area contributed by atoms with E-state index < -0.39 is 6.10 Å². The second kappa shape index (κ2) is 61.4. The average Bonchev–Trinajstić information content (AvgIpc) is 3.39. The SMILES string of the molecule is CC/C=C\C/C=C\C/C=C\C/C=C\C/C=C\C/C=C\CCCCC(=O)OC(COC(=O)CCCCCCC)COC(=O)CCCCCCCCCCCCCCCCCCCCCCCCCCCCCCC. The molecule has 422 valence electrons. The van der Waals surface area contributed by atoms with Gasteiger partial charge >= 0.3 is 17.9 Å². The summed E-state index contributed by atoms with van der Waals surface area (Å²) in [4.78, 5) is 37.9.